The van der Waals surface area contributed by atoms with Gasteiger partial charge in [0.15, 0.2) is 8.68 Å². The fourth-order valence-electron chi connectivity index (χ4n) is 2.75. The Balaban J connectivity index is 1.50. The summed E-state index contributed by atoms with van der Waals surface area (Å²) in [6.07, 6.45) is 5.51. The lowest BCUT2D eigenvalue weighted by Crippen LogP contribution is -2.46. The van der Waals surface area contributed by atoms with E-state index in [2.05, 4.69) is 39.8 Å². The molecule has 2 aromatic rings. The summed E-state index contributed by atoms with van der Waals surface area (Å²) in [6, 6.07) is 10.5. The smallest absolute Gasteiger partial charge is 0.230 e. The van der Waals surface area contributed by atoms with E-state index >= 15 is 0 Å². The van der Waals surface area contributed by atoms with Gasteiger partial charge in [0.2, 0.25) is 5.91 Å². The summed E-state index contributed by atoms with van der Waals surface area (Å²) in [4.78, 5) is 12.1. The summed E-state index contributed by atoms with van der Waals surface area (Å²) >= 11 is 4.57. The summed E-state index contributed by atoms with van der Waals surface area (Å²) in [6.45, 7) is 0.725. The highest BCUT2D eigenvalue weighted by molar-refractivity contribution is 8.03. The maximum absolute atomic E-state index is 12.1. The Kier molecular flexibility index (Phi) is 5.61. The summed E-state index contributed by atoms with van der Waals surface area (Å²) in [5.74, 6) is 0.464. The molecule has 0 aliphatic heterocycles. The predicted molar refractivity (Wildman–Crippen MR) is 97.4 cm³/mol. The van der Waals surface area contributed by atoms with Crippen molar-refractivity contribution in [3.8, 4) is 0 Å². The average Bonchev–Trinajstić information content (AvgIpc) is 3.01. The number of thioether (sulfide) groups is 2. The molecule has 1 amide bonds. The third-order valence-corrected chi connectivity index (χ3v) is 7.24. The van der Waals surface area contributed by atoms with E-state index in [0.717, 1.165) is 28.1 Å². The number of rotatable bonds is 7. The lowest BCUT2D eigenvalue weighted by Gasteiger charge is -2.42. The lowest BCUT2D eigenvalue weighted by molar-refractivity contribution is -0.119. The molecule has 1 aromatic carbocycles. The van der Waals surface area contributed by atoms with Crippen LogP contribution in [0.2, 0.25) is 0 Å². The van der Waals surface area contributed by atoms with Crippen molar-refractivity contribution in [2.45, 2.75) is 33.4 Å². The van der Waals surface area contributed by atoms with Crippen molar-refractivity contribution in [3.05, 3.63) is 35.9 Å². The van der Waals surface area contributed by atoms with E-state index in [4.69, 9.17) is 0 Å². The standard InChI is InChI=1S/C16H19N3OS3/c1-21-14-18-19-15(23-14)22-10-13(20)17-11-16(8-5-9-16)12-6-3-2-4-7-12/h2-4,6-7H,5,8-11H2,1H3,(H,17,20). The number of hydrogen-bond acceptors (Lipinski definition) is 6. The van der Waals surface area contributed by atoms with E-state index in [1.165, 1.54) is 35.1 Å². The van der Waals surface area contributed by atoms with Gasteiger partial charge in [-0.3, -0.25) is 4.79 Å². The van der Waals surface area contributed by atoms with Crippen LogP contribution < -0.4 is 5.32 Å². The van der Waals surface area contributed by atoms with Gasteiger partial charge in [-0.05, 0) is 24.7 Å². The highest BCUT2D eigenvalue weighted by Gasteiger charge is 2.38. The number of carbonyl (C=O) groups is 1. The molecule has 23 heavy (non-hydrogen) atoms. The van der Waals surface area contributed by atoms with Crippen LogP contribution in [0.25, 0.3) is 0 Å². The first kappa shape index (κ1) is 16.8. The number of nitrogens with one attached hydrogen (secondary N) is 1. The van der Waals surface area contributed by atoms with Gasteiger partial charge in [0.05, 0.1) is 5.75 Å². The van der Waals surface area contributed by atoms with Crippen LogP contribution in [0, 0.1) is 0 Å². The van der Waals surface area contributed by atoms with E-state index in [0.29, 0.717) is 5.75 Å². The van der Waals surface area contributed by atoms with Crippen LogP contribution in [-0.2, 0) is 10.2 Å². The van der Waals surface area contributed by atoms with Crippen molar-refractivity contribution in [3.63, 3.8) is 0 Å². The van der Waals surface area contributed by atoms with E-state index in [1.54, 1.807) is 11.8 Å². The molecular formula is C16H19N3OS3. The zero-order chi connectivity index (χ0) is 16.1. The Hall–Kier alpha value is -1.05. The Bertz CT molecular complexity index is 656. The van der Waals surface area contributed by atoms with Crippen LogP contribution in [0.4, 0.5) is 0 Å². The number of carbonyl (C=O) groups excluding carboxylic acids is 1. The van der Waals surface area contributed by atoms with Crippen LogP contribution in [-0.4, -0.2) is 34.7 Å². The normalized spacial score (nSPS) is 15.9. The monoisotopic (exact) mass is 365 g/mol. The summed E-state index contributed by atoms with van der Waals surface area (Å²) in [5.41, 5.74) is 1.48. The van der Waals surface area contributed by atoms with Crippen LogP contribution in [0.1, 0.15) is 24.8 Å². The molecule has 0 unspecified atom stereocenters. The molecule has 1 aromatic heterocycles. The Labute approximate surface area is 148 Å². The molecule has 0 saturated heterocycles. The second kappa shape index (κ2) is 7.68. The maximum Gasteiger partial charge on any atom is 0.230 e. The van der Waals surface area contributed by atoms with Crippen LogP contribution in [0.15, 0.2) is 39.0 Å². The van der Waals surface area contributed by atoms with Crippen LogP contribution in [0.5, 0.6) is 0 Å². The zero-order valence-corrected chi connectivity index (χ0v) is 15.4. The molecule has 1 aliphatic rings. The largest absolute Gasteiger partial charge is 0.354 e. The predicted octanol–water partition coefficient (Wildman–Crippen LogP) is 3.59. The number of benzene rings is 1. The van der Waals surface area contributed by atoms with Crippen LogP contribution >= 0.6 is 34.9 Å². The molecule has 1 fully saturated rings. The molecule has 1 saturated carbocycles. The van der Waals surface area contributed by atoms with Gasteiger partial charge in [-0.15, -0.1) is 10.2 Å². The number of hydrogen-bond donors (Lipinski definition) is 1. The molecular weight excluding hydrogens is 346 g/mol. The van der Waals surface area contributed by atoms with Gasteiger partial charge in [0.1, 0.15) is 0 Å². The van der Waals surface area contributed by atoms with Crippen molar-refractivity contribution < 1.29 is 4.79 Å². The van der Waals surface area contributed by atoms with Gasteiger partial charge in [0.25, 0.3) is 0 Å². The minimum atomic E-state index is 0.0677. The molecule has 0 atom stereocenters. The van der Waals surface area contributed by atoms with Gasteiger partial charge in [-0.25, -0.2) is 0 Å². The molecule has 7 heteroatoms. The van der Waals surface area contributed by atoms with Crippen molar-refractivity contribution in [2.24, 2.45) is 0 Å². The number of nitrogens with zero attached hydrogens (tertiary/aromatic N) is 2. The molecule has 1 heterocycles. The van der Waals surface area contributed by atoms with E-state index in [9.17, 15) is 4.79 Å². The van der Waals surface area contributed by atoms with Gasteiger partial charge in [-0.1, -0.05) is 71.6 Å². The minimum Gasteiger partial charge on any atom is -0.354 e. The molecule has 0 bridgehead atoms. The molecule has 1 aliphatic carbocycles. The van der Waals surface area contributed by atoms with E-state index in [1.807, 2.05) is 12.3 Å². The first-order valence-electron chi connectivity index (χ1n) is 7.54. The average molecular weight is 366 g/mol. The summed E-state index contributed by atoms with van der Waals surface area (Å²) in [7, 11) is 0. The van der Waals surface area contributed by atoms with Crippen molar-refractivity contribution in [1.29, 1.82) is 0 Å². The zero-order valence-electron chi connectivity index (χ0n) is 12.9. The van der Waals surface area contributed by atoms with Gasteiger partial charge < -0.3 is 5.32 Å². The third-order valence-electron chi connectivity index (χ3n) is 4.21. The highest BCUT2D eigenvalue weighted by atomic mass is 32.2. The molecule has 1 N–H and O–H groups in total. The SMILES string of the molecule is CSc1nnc(SCC(=O)NCC2(c3ccccc3)CCC2)s1. The molecule has 122 valence electrons. The second-order valence-electron chi connectivity index (χ2n) is 5.60. The quantitative estimate of drug-likeness (QED) is 0.760. The van der Waals surface area contributed by atoms with Crippen molar-refractivity contribution >= 4 is 40.8 Å². The third kappa shape index (κ3) is 4.08. The van der Waals surface area contributed by atoms with Crippen molar-refractivity contribution in [1.82, 2.24) is 15.5 Å². The highest BCUT2D eigenvalue weighted by Crippen LogP contribution is 2.43. The fourth-order valence-corrected chi connectivity index (χ4v) is 5.01. The van der Waals surface area contributed by atoms with Crippen LogP contribution in [0.3, 0.4) is 0 Å². The summed E-state index contributed by atoms with van der Waals surface area (Å²) < 4.78 is 1.79. The Morgan fingerprint density at radius 1 is 1.26 bits per heavy atom. The minimum absolute atomic E-state index is 0.0677. The molecule has 3 rings (SSSR count). The molecule has 0 spiro atoms. The van der Waals surface area contributed by atoms with E-state index < -0.39 is 0 Å². The topological polar surface area (TPSA) is 54.9 Å². The fraction of sp³-hybridized carbons (Fsp3) is 0.438. The second-order valence-corrected chi connectivity index (χ2v) is 8.86. The maximum atomic E-state index is 12.1. The Morgan fingerprint density at radius 3 is 2.61 bits per heavy atom. The first-order valence-corrected chi connectivity index (χ1v) is 10.6. The lowest BCUT2D eigenvalue weighted by atomic mass is 9.64. The van der Waals surface area contributed by atoms with Crippen molar-refractivity contribution in [2.75, 3.05) is 18.6 Å². The molecule has 0 radical (unpaired) electrons. The molecule has 4 nitrogen and oxygen atoms in total. The Morgan fingerprint density at radius 2 is 2.00 bits per heavy atom. The van der Waals surface area contributed by atoms with Gasteiger partial charge >= 0.3 is 0 Å². The first-order chi connectivity index (χ1) is 11.2. The number of amides is 1. The van der Waals surface area contributed by atoms with Gasteiger partial charge in [-0.2, -0.15) is 0 Å². The summed E-state index contributed by atoms with van der Waals surface area (Å²) in [5, 5.41) is 11.2. The van der Waals surface area contributed by atoms with Gasteiger partial charge in [0, 0.05) is 12.0 Å². The number of aromatic nitrogens is 2. The van der Waals surface area contributed by atoms with E-state index in [-0.39, 0.29) is 11.3 Å².